The summed E-state index contributed by atoms with van der Waals surface area (Å²) in [7, 11) is 2.22. The lowest BCUT2D eigenvalue weighted by Crippen LogP contribution is -2.27. The lowest BCUT2D eigenvalue weighted by atomic mass is 10.1. The summed E-state index contributed by atoms with van der Waals surface area (Å²) in [5, 5.41) is 1.44. The summed E-state index contributed by atoms with van der Waals surface area (Å²) < 4.78 is 3.86. The van der Waals surface area contributed by atoms with Crippen LogP contribution in [0.5, 0.6) is 0 Å². The van der Waals surface area contributed by atoms with Crippen molar-refractivity contribution < 1.29 is 0 Å². The maximum Gasteiger partial charge on any atom is 0.0486 e. The van der Waals surface area contributed by atoms with Crippen molar-refractivity contribution in [1.82, 2.24) is 14.5 Å². The van der Waals surface area contributed by atoms with E-state index in [1.807, 2.05) is 13.1 Å². The number of aryl methyl sites for hydroxylation is 3. The number of rotatable bonds is 3. The van der Waals surface area contributed by atoms with Gasteiger partial charge < -0.3 is 9.47 Å². The molecular weight excluding hydrogens is 409 g/mol. The summed E-state index contributed by atoms with van der Waals surface area (Å²) in [4.78, 5) is 6.86. The molecule has 2 aromatic heterocycles. The van der Waals surface area contributed by atoms with Crippen molar-refractivity contribution in [1.29, 1.82) is 0 Å². The van der Waals surface area contributed by atoms with Gasteiger partial charge in [0.1, 0.15) is 0 Å². The van der Waals surface area contributed by atoms with Crippen LogP contribution in [-0.4, -0.2) is 28.0 Å². The highest BCUT2D eigenvalue weighted by Gasteiger charge is 2.22. The first-order valence-corrected chi connectivity index (χ1v) is 9.59. The fourth-order valence-corrected chi connectivity index (χ4v) is 4.19. The van der Waals surface area contributed by atoms with Crippen LogP contribution in [0.4, 0.5) is 0 Å². The van der Waals surface area contributed by atoms with Gasteiger partial charge in [-0.05, 0) is 78.4 Å². The van der Waals surface area contributed by atoms with Crippen molar-refractivity contribution in [2.45, 2.75) is 32.9 Å². The molecule has 124 valence electrons. The number of aromatic nitrogens is 2. The standard InChI is InChI=1S/C20H22IN3/c1-14-3-4-15(12-22-14)7-10-24-19-6-5-16(21)11-17(19)18-13-23(2)9-8-20(18)24/h3-6,11-12H,7-10,13H2,1-2H3. The molecule has 4 rings (SSSR count). The van der Waals surface area contributed by atoms with Crippen molar-refractivity contribution >= 4 is 33.5 Å². The van der Waals surface area contributed by atoms with Crippen molar-refractivity contribution in [2.75, 3.05) is 13.6 Å². The molecule has 4 heteroatoms. The first kappa shape index (κ1) is 16.1. The van der Waals surface area contributed by atoms with Crippen LogP contribution in [0.2, 0.25) is 0 Å². The van der Waals surface area contributed by atoms with E-state index in [9.17, 15) is 0 Å². The van der Waals surface area contributed by atoms with Gasteiger partial charge in [-0.3, -0.25) is 4.98 Å². The Hall–Kier alpha value is -1.40. The average molecular weight is 431 g/mol. The maximum absolute atomic E-state index is 4.43. The van der Waals surface area contributed by atoms with E-state index in [1.165, 1.54) is 31.3 Å². The van der Waals surface area contributed by atoms with E-state index in [1.54, 1.807) is 0 Å². The first-order chi connectivity index (χ1) is 11.6. The first-order valence-electron chi connectivity index (χ1n) is 8.51. The molecule has 0 amide bonds. The fraction of sp³-hybridized carbons (Fsp3) is 0.350. The third-order valence-corrected chi connectivity index (χ3v) is 5.67. The normalized spacial score (nSPS) is 15.0. The van der Waals surface area contributed by atoms with Crippen LogP contribution in [0, 0.1) is 10.5 Å². The predicted molar refractivity (Wildman–Crippen MR) is 107 cm³/mol. The van der Waals surface area contributed by atoms with E-state index >= 15 is 0 Å². The molecule has 0 saturated heterocycles. The molecule has 0 unspecified atom stereocenters. The molecule has 1 aliphatic rings. The summed E-state index contributed by atoms with van der Waals surface area (Å²) >= 11 is 2.42. The number of hydrogen-bond acceptors (Lipinski definition) is 2. The van der Waals surface area contributed by atoms with E-state index in [-0.39, 0.29) is 0 Å². The molecule has 0 saturated carbocycles. The number of likely N-dealkylation sites (N-methyl/N-ethyl adjacent to an activating group) is 1. The highest BCUT2D eigenvalue weighted by atomic mass is 127. The summed E-state index contributed by atoms with van der Waals surface area (Å²) in [6.07, 6.45) is 4.19. The van der Waals surface area contributed by atoms with Crippen LogP contribution in [0.1, 0.15) is 22.5 Å². The Balaban J connectivity index is 1.73. The molecule has 0 atom stereocenters. The highest BCUT2D eigenvalue weighted by molar-refractivity contribution is 14.1. The molecule has 3 aromatic rings. The molecule has 3 heterocycles. The Kier molecular flexibility index (Phi) is 4.35. The topological polar surface area (TPSA) is 21.1 Å². The Morgan fingerprint density at radius 2 is 2.08 bits per heavy atom. The molecule has 24 heavy (non-hydrogen) atoms. The Morgan fingerprint density at radius 3 is 2.88 bits per heavy atom. The zero-order valence-corrected chi connectivity index (χ0v) is 16.4. The number of halogens is 1. The largest absolute Gasteiger partial charge is 0.344 e. The fourth-order valence-electron chi connectivity index (χ4n) is 3.70. The van der Waals surface area contributed by atoms with Crippen molar-refractivity contribution in [3.63, 3.8) is 0 Å². The maximum atomic E-state index is 4.43. The molecular formula is C20H22IN3. The minimum atomic E-state index is 1.03. The monoisotopic (exact) mass is 431 g/mol. The lowest BCUT2D eigenvalue weighted by molar-refractivity contribution is 0.309. The summed E-state index contributed by atoms with van der Waals surface area (Å²) in [5.41, 5.74) is 6.84. The second-order valence-electron chi connectivity index (χ2n) is 6.78. The number of fused-ring (bicyclic) bond motifs is 3. The SMILES string of the molecule is Cc1ccc(CCn2c3c(c4cc(I)ccc42)CN(C)CC3)cn1. The van der Waals surface area contributed by atoms with Gasteiger partial charge in [0.05, 0.1) is 0 Å². The molecule has 0 radical (unpaired) electrons. The Labute approximate surface area is 156 Å². The quantitative estimate of drug-likeness (QED) is 0.581. The molecule has 3 nitrogen and oxygen atoms in total. The summed E-state index contributed by atoms with van der Waals surface area (Å²) in [6, 6.07) is 11.2. The lowest BCUT2D eigenvalue weighted by Gasteiger charge is -2.24. The van der Waals surface area contributed by atoms with Crippen LogP contribution in [-0.2, 0) is 25.9 Å². The van der Waals surface area contributed by atoms with Crippen molar-refractivity contribution in [3.8, 4) is 0 Å². The minimum absolute atomic E-state index is 1.03. The second kappa shape index (κ2) is 6.48. The third-order valence-electron chi connectivity index (χ3n) is 5.00. The van der Waals surface area contributed by atoms with Gasteiger partial charge in [-0.2, -0.15) is 0 Å². The number of pyridine rings is 1. The molecule has 1 aliphatic heterocycles. The molecule has 0 spiro atoms. The molecule has 1 aromatic carbocycles. The van der Waals surface area contributed by atoms with E-state index in [0.717, 1.165) is 38.2 Å². The number of benzene rings is 1. The zero-order chi connectivity index (χ0) is 16.7. The van der Waals surface area contributed by atoms with E-state index in [2.05, 4.69) is 74.4 Å². The van der Waals surface area contributed by atoms with Crippen LogP contribution >= 0.6 is 22.6 Å². The van der Waals surface area contributed by atoms with Crippen molar-refractivity contribution in [3.05, 3.63) is 62.6 Å². The minimum Gasteiger partial charge on any atom is -0.344 e. The average Bonchev–Trinajstić information content (AvgIpc) is 2.87. The van der Waals surface area contributed by atoms with Gasteiger partial charge in [-0.1, -0.05) is 6.07 Å². The smallest absolute Gasteiger partial charge is 0.0486 e. The van der Waals surface area contributed by atoms with Gasteiger partial charge in [0.15, 0.2) is 0 Å². The highest BCUT2D eigenvalue weighted by Crippen LogP contribution is 2.32. The van der Waals surface area contributed by atoms with Gasteiger partial charge in [0.2, 0.25) is 0 Å². The van der Waals surface area contributed by atoms with Gasteiger partial charge in [0, 0.05) is 58.1 Å². The summed E-state index contributed by atoms with van der Waals surface area (Å²) in [5.74, 6) is 0. The molecule has 0 fully saturated rings. The van der Waals surface area contributed by atoms with E-state index in [4.69, 9.17) is 0 Å². The van der Waals surface area contributed by atoms with Crippen LogP contribution in [0.3, 0.4) is 0 Å². The van der Waals surface area contributed by atoms with Gasteiger partial charge in [-0.15, -0.1) is 0 Å². The van der Waals surface area contributed by atoms with Crippen molar-refractivity contribution in [2.24, 2.45) is 0 Å². The molecule has 0 N–H and O–H groups in total. The number of hydrogen-bond donors (Lipinski definition) is 0. The second-order valence-corrected chi connectivity index (χ2v) is 8.03. The predicted octanol–water partition coefficient (Wildman–Crippen LogP) is 4.18. The zero-order valence-electron chi connectivity index (χ0n) is 14.2. The number of nitrogens with zero attached hydrogens (tertiary/aromatic N) is 3. The summed E-state index contributed by atoms with van der Waals surface area (Å²) in [6.45, 7) is 5.27. The Bertz CT molecular complexity index is 880. The third kappa shape index (κ3) is 2.97. The van der Waals surface area contributed by atoms with E-state index < -0.39 is 0 Å². The van der Waals surface area contributed by atoms with Gasteiger partial charge in [0.25, 0.3) is 0 Å². The van der Waals surface area contributed by atoms with Crippen LogP contribution in [0.25, 0.3) is 10.9 Å². The molecule has 0 aliphatic carbocycles. The van der Waals surface area contributed by atoms with E-state index in [0.29, 0.717) is 0 Å². The van der Waals surface area contributed by atoms with Crippen LogP contribution in [0.15, 0.2) is 36.5 Å². The Morgan fingerprint density at radius 1 is 1.21 bits per heavy atom. The van der Waals surface area contributed by atoms with Crippen LogP contribution < -0.4 is 0 Å². The molecule has 0 bridgehead atoms. The van der Waals surface area contributed by atoms with Gasteiger partial charge >= 0.3 is 0 Å². The van der Waals surface area contributed by atoms with Gasteiger partial charge in [-0.25, -0.2) is 0 Å².